The highest BCUT2D eigenvalue weighted by Gasteiger charge is 2.17. The topological polar surface area (TPSA) is 20.3 Å². The van der Waals surface area contributed by atoms with Crippen LogP contribution in [0.5, 0.6) is 0 Å². The summed E-state index contributed by atoms with van der Waals surface area (Å²) in [4.78, 5) is 14.3. The number of aryl methyl sites for hydroxylation is 1. The SMILES string of the molecule is CCc1ccc(N(C)C(=O)c2cc(S)ccc2F)cc1. The number of nitrogens with zero attached hydrogens (tertiary/aromatic N) is 1. The standard InChI is InChI=1S/C16H16FNOS/c1-3-11-4-6-12(7-5-11)18(2)16(19)14-10-13(20)8-9-15(14)17/h4-10,20H,3H2,1-2H3. The van der Waals surface area contributed by atoms with Gasteiger partial charge in [-0.3, -0.25) is 4.79 Å². The molecular formula is C16H16FNOS. The minimum Gasteiger partial charge on any atom is -0.311 e. The number of hydrogen-bond donors (Lipinski definition) is 1. The third-order valence-electron chi connectivity index (χ3n) is 3.22. The normalized spacial score (nSPS) is 10.4. The van der Waals surface area contributed by atoms with Crippen molar-refractivity contribution < 1.29 is 9.18 Å². The summed E-state index contributed by atoms with van der Waals surface area (Å²) in [5.41, 5.74) is 1.95. The van der Waals surface area contributed by atoms with E-state index >= 15 is 0 Å². The van der Waals surface area contributed by atoms with E-state index in [1.54, 1.807) is 7.05 Å². The smallest absolute Gasteiger partial charge is 0.261 e. The molecule has 20 heavy (non-hydrogen) atoms. The second kappa shape index (κ2) is 6.09. The Balaban J connectivity index is 2.29. The monoisotopic (exact) mass is 289 g/mol. The molecule has 0 fully saturated rings. The Hall–Kier alpha value is -1.81. The fourth-order valence-corrected chi connectivity index (χ4v) is 2.13. The zero-order chi connectivity index (χ0) is 14.7. The van der Waals surface area contributed by atoms with Crippen LogP contribution in [0, 0.1) is 5.82 Å². The van der Waals surface area contributed by atoms with Crippen LogP contribution >= 0.6 is 12.6 Å². The number of halogens is 1. The zero-order valence-corrected chi connectivity index (χ0v) is 12.3. The van der Waals surface area contributed by atoms with Crippen molar-refractivity contribution in [3.8, 4) is 0 Å². The molecule has 0 saturated carbocycles. The molecule has 2 nitrogen and oxygen atoms in total. The van der Waals surface area contributed by atoms with Gasteiger partial charge in [0, 0.05) is 17.6 Å². The molecule has 0 N–H and O–H groups in total. The van der Waals surface area contributed by atoms with Crippen LogP contribution in [0.25, 0.3) is 0 Å². The average Bonchev–Trinajstić information content (AvgIpc) is 2.48. The van der Waals surface area contributed by atoms with Gasteiger partial charge >= 0.3 is 0 Å². The van der Waals surface area contributed by atoms with E-state index in [4.69, 9.17) is 0 Å². The van der Waals surface area contributed by atoms with Gasteiger partial charge in [0.25, 0.3) is 5.91 Å². The zero-order valence-electron chi connectivity index (χ0n) is 11.4. The third-order valence-corrected chi connectivity index (χ3v) is 3.50. The fraction of sp³-hybridized carbons (Fsp3) is 0.188. The van der Waals surface area contributed by atoms with Crippen LogP contribution in [0.1, 0.15) is 22.8 Å². The summed E-state index contributed by atoms with van der Waals surface area (Å²) < 4.78 is 13.7. The molecule has 0 heterocycles. The van der Waals surface area contributed by atoms with E-state index < -0.39 is 5.82 Å². The van der Waals surface area contributed by atoms with E-state index in [-0.39, 0.29) is 11.5 Å². The van der Waals surface area contributed by atoms with Crippen molar-refractivity contribution in [2.75, 3.05) is 11.9 Å². The Kier molecular flexibility index (Phi) is 4.45. The lowest BCUT2D eigenvalue weighted by Gasteiger charge is -2.18. The molecule has 0 aliphatic carbocycles. The lowest BCUT2D eigenvalue weighted by Crippen LogP contribution is -2.27. The van der Waals surface area contributed by atoms with Crippen molar-refractivity contribution in [2.45, 2.75) is 18.2 Å². The predicted molar refractivity (Wildman–Crippen MR) is 82.2 cm³/mol. The number of hydrogen-bond acceptors (Lipinski definition) is 2. The van der Waals surface area contributed by atoms with Crippen LogP contribution < -0.4 is 4.90 Å². The molecule has 4 heteroatoms. The molecule has 2 aromatic carbocycles. The summed E-state index contributed by atoms with van der Waals surface area (Å²) in [6.45, 7) is 2.07. The molecule has 104 valence electrons. The second-order valence-electron chi connectivity index (χ2n) is 4.55. The molecule has 0 radical (unpaired) electrons. The molecule has 0 spiro atoms. The van der Waals surface area contributed by atoms with Gasteiger partial charge < -0.3 is 4.90 Å². The summed E-state index contributed by atoms with van der Waals surface area (Å²) in [5, 5.41) is 0. The molecule has 0 aliphatic rings. The number of thiol groups is 1. The van der Waals surface area contributed by atoms with Crippen molar-refractivity contribution in [1.82, 2.24) is 0 Å². The maximum Gasteiger partial charge on any atom is 0.261 e. The molecule has 0 saturated heterocycles. The molecule has 0 bridgehead atoms. The number of anilines is 1. The van der Waals surface area contributed by atoms with Gasteiger partial charge in [-0.05, 0) is 42.3 Å². The highest BCUT2D eigenvalue weighted by atomic mass is 32.1. The lowest BCUT2D eigenvalue weighted by molar-refractivity contribution is 0.0989. The largest absolute Gasteiger partial charge is 0.311 e. The first-order valence-electron chi connectivity index (χ1n) is 6.38. The Bertz CT molecular complexity index is 625. The summed E-state index contributed by atoms with van der Waals surface area (Å²) in [7, 11) is 1.63. The van der Waals surface area contributed by atoms with Crippen LogP contribution in [-0.4, -0.2) is 13.0 Å². The quantitative estimate of drug-likeness (QED) is 0.848. The van der Waals surface area contributed by atoms with Crippen molar-refractivity contribution >= 4 is 24.2 Å². The van der Waals surface area contributed by atoms with Gasteiger partial charge in [-0.2, -0.15) is 0 Å². The lowest BCUT2D eigenvalue weighted by atomic mass is 10.1. The number of benzene rings is 2. The van der Waals surface area contributed by atoms with E-state index in [1.165, 1.54) is 28.7 Å². The van der Waals surface area contributed by atoms with Gasteiger partial charge in [-0.25, -0.2) is 4.39 Å². The minimum atomic E-state index is -0.537. The van der Waals surface area contributed by atoms with Crippen LogP contribution in [-0.2, 0) is 6.42 Å². The minimum absolute atomic E-state index is 0.0274. The molecule has 2 aromatic rings. The second-order valence-corrected chi connectivity index (χ2v) is 5.06. The van der Waals surface area contributed by atoms with Crippen LogP contribution in [0.3, 0.4) is 0 Å². The van der Waals surface area contributed by atoms with Crippen molar-refractivity contribution in [1.29, 1.82) is 0 Å². The van der Waals surface area contributed by atoms with Gasteiger partial charge in [0.1, 0.15) is 5.82 Å². The summed E-state index contributed by atoms with van der Waals surface area (Å²) in [6, 6.07) is 11.9. The van der Waals surface area contributed by atoms with Crippen LogP contribution in [0.2, 0.25) is 0 Å². The summed E-state index contributed by atoms with van der Waals surface area (Å²) in [6.07, 6.45) is 0.939. The predicted octanol–water partition coefficient (Wildman–Crippen LogP) is 3.95. The molecule has 1 amide bonds. The van der Waals surface area contributed by atoms with Gasteiger partial charge in [0.2, 0.25) is 0 Å². The molecular weight excluding hydrogens is 273 g/mol. The van der Waals surface area contributed by atoms with E-state index in [0.717, 1.165) is 12.1 Å². The average molecular weight is 289 g/mol. The highest BCUT2D eigenvalue weighted by Crippen LogP contribution is 2.20. The first kappa shape index (κ1) is 14.6. The molecule has 0 aliphatic heterocycles. The molecule has 0 unspecified atom stereocenters. The third kappa shape index (κ3) is 3.02. The maximum absolute atomic E-state index is 13.7. The Morgan fingerprint density at radius 1 is 1.20 bits per heavy atom. The van der Waals surface area contributed by atoms with Crippen molar-refractivity contribution in [3.05, 3.63) is 59.4 Å². The van der Waals surface area contributed by atoms with Gasteiger partial charge in [0.05, 0.1) is 5.56 Å². The van der Waals surface area contributed by atoms with E-state index in [1.807, 2.05) is 24.3 Å². The van der Waals surface area contributed by atoms with E-state index in [0.29, 0.717) is 4.90 Å². The van der Waals surface area contributed by atoms with E-state index in [9.17, 15) is 9.18 Å². The Morgan fingerprint density at radius 2 is 1.85 bits per heavy atom. The summed E-state index contributed by atoms with van der Waals surface area (Å²) in [5.74, 6) is -0.924. The Labute approximate surface area is 123 Å². The number of carbonyl (C=O) groups excluding carboxylic acids is 1. The number of amides is 1. The van der Waals surface area contributed by atoms with Gasteiger partial charge in [0.15, 0.2) is 0 Å². The molecule has 0 atom stereocenters. The van der Waals surface area contributed by atoms with Crippen LogP contribution in [0.15, 0.2) is 47.4 Å². The van der Waals surface area contributed by atoms with Crippen molar-refractivity contribution in [2.24, 2.45) is 0 Å². The van der Waals surface area contributed by atoms with Crippen molar-refractivity contribution in [3.63, 3.8) is 0 Å². The van der Waals surface area contributed by atoms with Gasteiger partial charge in [-0.15, -0.1) is 12.6 Å². The first-order valence-corrected chi connectivity index (χ1v) is 6.83. The van der Waals surface area contributed by atoms with Gasteiger partial charge in [-0.1, -0.05) is 19.1 Å². The summed E-state index contributed by atoms with van der Waals surface area (Å²) >= 11 is 4.14. The van der Waals surface area contributed by atoms with Crippen LogP contribution in [0.4, 0.5) is 10.1 Å². The first-order chi connectivity index (χ1) is 9.52. The number of rotatable bonds is 3. The maximum atomic E-state index is 13.7. The highest BCUT2D eigenvalue weighted by molar-refractivity contribution is 7.80. The van der Waals surface area contributed by atoms with E-state index in [2.05, 4.69) is 19.6 Å². The fourth-order valence-electron chi connectivity index (χ4n) is 1.93. The molecule has 0 aromatic heterocycles. The number of carbonyl (C=O) groups is 1. The Morgan fingerprint density at radius 3 is 2.45 bits per heavy atom. The molecule has 2 rings (SSSR count).